The molecule has 4 nitrogen and oxygen atoms in total. The standard InChI is InChI=1S/C16H22N2O2S2/c1-13-4-6-14(7-5-13)16-9-8-15(21-16)12-17-10-3-11-18-22(2,19)20/h4-9,17-18H,3,10-12H2,1-2H3. The molecule has 120 valence electrons. The quantitative estimate of drug-likeness (QED) is 0.728. The molecular formula is C16H22N2O2S2. The van der Waals surface area contributed by atoms with Crippen LogP contribution < -0.4 is 10.0 Å². The molecule has 0 fully saturated rings. The summed E-state index contributed by atoms with van der Waals surface area (Å²) in [4.78, 5) is 2.56. The molecule has 0 bridgehead atoms. The predicted octanol–water partition coefficient (Wildman–Crippen LogP) is 2.75. The van der Waals surface area contributed by atoms with Crippen molar-refractivity contribution in [1.29, 1.82) is 0 Å². The van der Waals surface area contributed by atoms with E-state index in [0.29, 0.717) is 6.54 Å². The molecule has 1 heterocycles. The van der Waals surface area contributed by atoms with Crippen molar-refractivity contribution >= 4 is 21.4 Å². The molecule has 0 aliphatic carbocycles. The smallest absolute Gasteiger partial charge is 0.208 e. The second kappa shape index (κ2) is 7.87. The minimum atomic E-state index is -3.07. The van der Waals surface area contributed by atoms with Crippen LogP contribution in [-0.4, -0.2) is 27.8 Å². The fourth-order valence-electron chi connectivity index (χ4n) is 2.03. The van der Waals surface area contributed by atoms with E-state index in [1.807, 2.05) is 0 Å². The average Bonchev–Trinajstić information content (AvgIpc) is 2.91. The van der Waals surface area contributed by atoms with Crippen molar-refractivity contribution in [3.63, 3.8) is 0 Å². The molecular weight excluding hydrogens is 316 g/mol. The van der Waals surface area contributed by atoms with Gasteiger partial charge in [0.05, 0.1) is 6.26 Å². The van der Waals surface area contributed by atoms with E-state index in [1.54, 1.807) is 11.3 Å². The molecule has 0 radical (unpaired) electrons. The first kappa shape index (κ1) is 17.1. The Morgan fingerprint density at radius 3 is 2.45 bits per heavy atom. The number of sulfonamides is 1. The number of hydrogen-bond acceptors (Lipinski definition) is 4. The number of nitrogens with one attached hydrogen (secondary N) is 2. The van der Waals surface area contributed by atoms with Crippen LogP contribution in [-0.2, 0) is 16.6 Å². The van der Waals surface area contributed by atoms with E-state index < -0.39 is 10.0 Å². The maximum Gasteiger partial charge on any atom is 0.208 e. The zero-order valence-corrected chi connectivity index (χ0v) is 14.6. The Bertz CT molecular complexity index is 691. The van der Waals surface area contributed by atoms with Gasteiger partial charge in [0.25, 0.3) is 0 Å². The van der Waals surface area contributed by atoms with E-state index in [0.717, 1.165) is 19.5 Å². The van der Waals surface area contributed by atoms with Gasteiger partial charge in [-0.15, -0.1) is 11.3 Å². The Balaban J connectivity index is 1.74. The Labute approximate surface area is 136 Å². The van der Waals surface area contributed by atoms with E-state index in [-0.39, 0.29) is 0 Å². The summed E-state index contributed by atoms with van der Waals surface area (Å²) in [5, 5.41) is 3.34. The van der Waals surface area contributed by atoms with Crippen molar-refractivity contribution in [2.45, 2.75) is 19.9 Å². The summed E-state index contributed by atoms with van der Waals surface area (Å²) in [6.07, 6.45) is 1.96. The van der Waals surface area contributed by atoms with Crippen LogP contribution in [0.3, 0.4) is 0 Å². The van der Waals surface area contributed by atoms with Gasteiger partial charge in [-0.1, -0.05) is 29.8 Å². The van der Waals surface area contributed by atoms with Crippen LogP contribution in [0.25, 0.3) is 10.4 Å². The summed E-state index contributed by atoms with van der Waals surface area (Å²) in [5.41, 5.74) is 2.52. The zero-order chi connectivity index (χ0) is 16.0. The first-order chi connectivity index (χ1) is 10.4. The first-order valence-electron chi connectivity index (χ1n) is 7.25. The monoisotopic (exact) mass is 338 g/mol. The van der Waals surface area contributed by atoms with Crippen LogP contribution in [0.15, 0.2) is 36.4 Å². The van der Waals surface area contributed by atoms with Gasteiger partial charge in [-0.25, -0.2) is 13.1 Å². The van der Waals surface area contributed by atoms with E-state index in [2.05, 4.69) is 53.4 Å². The van der Waals surface area contributed by atoms with Crippen LogP contribution in [0, 0.1) is 6.92 Å². The van der Waals surface area contributed by atoms with E-state index in [9.17, 15) is 8.42 Å². The number of benzene rings is 1. The normalized spacial score (nSPS) is 11.7. The third-order valence-corrected chi connectivity index (χ3v) is 5.05. The SMILES string of the molecule is Cc1ccc(-c2ccc(CNCCCNS(C)(=O)=O)s2)cc1. The molecule has 2 N–H and O–H groups in total. The van der Waals surface area contributed by atoms with Crippen molar-refractivity contribution in [3.05, 3.63) is 46.8 Å². The molecule has 0 unspecified atom stereocenters. The maximum absolute atomic E-state index is 10.9. The molecule has 2 aromatic rings. The molecule has 6 heteroatoms. The van der Waals surface area contributed by atoms with Gasteiger partial charge in [0.1, 0.15) is 0 Å². The van der Waals surface area contributed by atoms with Gasteiger partial charge in [0.15, 0.2) is 0 Å². The number of hydrogen-bond donors (Lipinski definition) is 2. The molecule has 22 heavy (non-hydrogen) atoms. The lowest BCUT2D eigenvalue weighted by molar-refractivity contribution is 0.579. The summed E-state index contributed by atoms with van der Waals surface area (Å²) >= 11 is 1.79. The highest BCUT2D eigenvalue weighted by molar-refractivity contribution is 7.88. The molecule has 2 rings (SSSR count). The van der Waals surface area contributed by atoms with Crippen LogP contribution in [0.5, 0.6) is 0 Å². The zero-order valence-electron chi connectivity index (χ0n) is 12.9. The van der Waals surface area contributed by atoms with Crippen LogP contribution in [0.2, 0.25) is 0 Å². The predicted molar refractivity (Wildman–Crippen MR) is 93.7 cm³/mol. The number of rotatable bonds is 8. The van der Waals surface area contributed by atoms with Gasteiger partial charge in [0.2, 0.25) is 10.0 Å². The number of thiophene rings is 1. The average molecular weight is 338 g/mol. The molecule has 0 saturated carbocycles. The Morgan fingerprint density at radius 2 is 1.77 bits per heavy atom. The van der Waals surface area contributed by atoms with Crippen molar-refractivity contribution in [2.24, 2.45) is 0 Å². The van der Waals surface area contributed by atoms with Gasteiger partial charge in [-0.2, -0.15) is 0 Å². The Kier molecular flexibility index (Phi) is 6.14. The minimum Gasteiger partial charge on any atom is -0.312 e. The van der Waals surface area contributed by atoms with Gasteiger partial charge in [0, 0.05) is 22.8 Å². The maximum atomic E-state index is 10.9. The Hall–Kier alpha value is -1.21. The molecule has 0 spiro atoms. The first-order valence-corrected chi connectivity index (χ1v) is 9.96. The van der Waals surface area contributed by atoms with Crippen molar-refractivity contribution < 1.29 is 8.42 Å². The third-order valence-electron chi connectivity index (χ3n) is 3.19. The van der Waals surface area contributed by atoms with E-state index in [4.69, 9.17) is 0 Å². The topological polar surface area (TPSA) is 58.2 Å². The largest absolute Gasteiger partial charge is 0.312 e. The molecule has 1 aromatic heterocycles. The molecule has 0 atom stereocenters. The molecule has 0 aliphatic rings. The van der Waals surface area contributed by atoms with Gasteiger partial charge in [-0.05, 0) is 37.6 Å². The van der Waals surface area contributed by atoms with Crippen LogP contribution in [0.4, 0.5) is 0 Å². The van der Waals surface area contributed by atoms with Crippen LogP contribution >= 0.6 is 11.3 Å². The minimum absolute atomic E-state index is 0.477. The molecule has 0 saturated heterocycles. The highest BCUT2D eigenvalue weighted by atomic mass is 32.2. The molecule has 1 aromatic carbocycles. The van der Waals surface area contributed by atoms with Gasteiger partial charge >= 0.3 is 0 Å². The van der Waals surface area contributed by atoms with Gasteiger partial charge in [-0.3, -0.25) is 0 Å². The molecule has 0 aliphatic heterocycles. The van der Waals surface area contributed by atoms with E-state index in [1.165, 1.54) is 27.1 Å². The second-order valence-corrected chi connectivity index (χ2v) is 8.33. The number of aryl methyl sites for hydroxylation is 1. The van der Waals surface area contributed by atoms with Crippen LogP contribution in [0.1, 0.15) is 16.9 Å². The summed E-state index contributed by atoms with van der Waals surface area (Å²) < 4.78 is 24.3. The fourth-order valence-corrected chi connectivity index (χ4v) is 3.53. The fraction of sp³-hybridized carbons (Fsp3) is 0.375. The summed E-state index contributed by atoms with van der Waals surface area (Å²) in [5.74, 6) is 0. The Morgan fingerprint density at radius 1 is 1.05 bits per heavy atom. The van der Waals surface area contributed by atoms with Crippen molar-refractivity contribution in [3.8, 4) is 10.4 Å². The summed E-state index contributed by atoms with van der Waals surface area (Å²) in [6, 6.07) is 12.8. The van der Waals surface area contributed by atoms with E-state index >= 15 is 0 Å². The lowest BCUT2D eigenvalue weighted by Crippen LogP contribution is -2.26. The van der Waals surface area contributed by atoms with Crippen molar-refractivity contribution in [1.82, 2.24) is 10.0 Å². The van der Waals surface area contributed by atoms with Crippen molar-refractivity contribution in [2.75, 3.05) is 19.3 Å². The second-order valence-electron chi connectivity index (χ2n) is 5.33. The highest BCUT2D eigenvalue weighted by Gasteiger charge is 2.03. The summed E-state index contributed by atoms with van der Waals surface area (Å²) in [6.45, 7) is 4.17. The third kappa shape index (κ3) is 5.88. The highest BCUT2D eigenvalue weighted by Crippen LogP contribution is 2.28. The summed E-state index contributed by atoms with van der Waals surface area (Å²) in [7, 11) is -3.07. The lowest BCUT2D eigenvalue weighted by atomic mass is 10.1. The lowest BCUT2D eigenvalue weighted by Gasteiger charge is -2.04. The van der Waals surface area contributed by atoms with Gasteiger partial charge < -0.3 is 5.32 Å². The molecule has 0 amide bonds.